The summed E-state index contributed by atoms with van der Waals surface area (Å²) in [6, 6.07) is 7.79. The number of rotatable bonds is 4. The van der Waals surface area contributed by atoms with Gasteiger partial charge < -0.3 is 9.47 Å². The Balaban J connectivity index is 1.64. The molecule has 2 fully saturated rings. The van der Waals surface area contributed by atoms with Crippen LogP contribution in [0.5, 0.6) is 0 Å². The molecule has 0 unspecified atom stereocenters. The van der Waals surface area contributed by atoms with E-state index in [0.717, 1.165) is 37.9 Å². The molecular formula is C21H30O3. The van der Waals surface area contributed by atoms with E-state index in [1.165, 1.54) is 6.42 Å². The quantitative estimate of drug-likeness (QED) is 0.716. The highest BCUT2D eigenvalue weighted by molar-refractivity contribution is 5.89. The lowest BCUT2D eigenvalue weighted by Gasteiger charge is -2.36. The number of hydrogen-bond acceptors (Lipinski definition) is 3. The van der Waals surface area contributed by atoms with Crippen LogP contribution >= 0.6 is 0 Å². The summed E-state index contributed by atoms with van der Waals surface area (Å²) in [7, 11) is 0. The molecule has 1 saturated carbocycles. The molecule has 3 heteroatoms. The normalized spacial score (nSPS) is 30.5. The van der Waals surface area contributed by atoms with E-state index in [1.54, 1.807) is 0 Å². The van der Waals surface area contributed by atoms with Gasteiger partial charge in [-0.3, -0.25) is 0 Å². The minimum Gasteiger partial charge on any atom is -0.458 e. The van der Waals surface area contributed by atoms with E-state index in [-0.39, 0.29) is 18.2 Å². The number of benzene rings is 1. The molecule has 1 aliphatic carbocycles. The van der Waals surface area contributed by atoms with Gasteiger partial charge in [-0.25, -0.2) is 4.79 Å². The molecule has 0 spiro atoms. The van der Waals surface area contributed by atoms with Crippen LogP contribution in [0.4, 0.5) is 0 Å². The Morgan fingerprint density at radius 2 is 1.92 bits per heavy atom. The lowest BCUT2D eigenvalue weighted by molar-refractivity contribution is -0.0174. The second-order valence-corrected chi connectivity index (χ2v) is 7.89. The average molecular weight is 330 g/mol. The average Bonchev–Trinajstić information content (AvgIpc) is 3.09. The highest BCUT2D eigenvalue weighted by atomic mass is 16.5. The number of esters is 1. The van der Waals surface area contributed by atoms with Gasteiger partial charge in [-0.2, -0.15) is 0 Å². The van der Waals surface area contributed by atoms with Gasteiger partial charge in [-0.15, -0.1) is 0 Å². The summed E-state index contributed by atoms with van der Waals surface area (Å²) in [5, 5.41) is 0. The van der Waals surface area contributed by atoms with Crippen LogP contribution < -0.4 is 0 Å². The maximum absolute atomic E-state index is 12.6. The zero-order valence-corrected chi connectivity index (χ0v) is 15.2. The Morgan fingerprint density at radius 1 is 1.17 bits per heavy atom. The molecule has 1 heterocycles. The summed E-state index contributed by atoms with van der Waals surface area (Å²) in [6.45, 7) is 7.56. The molecule has 4 atom stereocenters. The maximum Gasteiger partial charge on any atom is 0.338 e. The topological polar surface area (TPSA) is 35.5 Å². The Bertz CT molecular complexity index is 543. The fourth-order valence-electron chi connectivity index (χ4n) is 4.13. The van der Waals surface area contributed by atoms with Crippen molar-refractivity contribution in [3.05, 3.63) is 35.4 Å². The second-order valence-electron chi connectivity index (χ2n) is 7.89. The van der Waals surface area contributed by atoms with E-state index in [9.17, 15) is 4.79 Å². The number of hydrogen-bond donors (Lipinski definition) is 0. The van der Waals surface area contributed by atoms with Crippen molar-refractivity contribution >= 4 is 5.97 Å². The van der Waals surface area contributed by atoms with Crippen LogP contribution in [-0.2, 0) is 9.47 Å². The molecule has 0 bridgehead atoms. The van der Waals surface area contributed by atoms with Gasteiger partial charge in [-0.1, -0.05) is 39.3 Å². The maximum atomic E-state index is 12.6. The van der Waals surface area contributed by atoms with E-state index in [0.29, 0.717) is 23.3 Å². The van der Waals surface area contributed by atoms with Gasteiger partial charge in [0.05, 0.1) is 11.7 Å². The second kappa shape index (κ2) is 7.69. The summed E-state index contributed by atoms with van der Waals surface area (Å²) < 4.78 is 11.6. The predicted molar refractivity (Wildman–Crippen MR) is 94.9 cm³/mol. The van der Waals surface area contributed by atoms with Gasteiger partial charge in [0.1, 0.15) is 6.10 Å². The van der Waals surface area contributed by atoms with Crippen molar-refractivity contribution in [1.29, 1.82) is 0 Å². The highest BCUT2D eigenvalue weighted by Crippen LogP contribution is 2.36. The van der Waals surface area contributed by atoms with E-state index < -0.39 is 0 Å². The van der Waals surface area contributed by atoms with Gasteiger partial charge in [0.25, 0.3) is 0 Å². The fraction of sp³-hybridized carbons (Fsp3) is 0.667. The molecule has 3 nitrogen and oxygen atoms in total. The summed E-state index contributed by atoms with van der Waals surface area (Å²) in [5.41, 5.74) is 1.81. The Kier molecular flexibility index (Phi) is 5.60. The highest BCUT2D eigenvalue weighted by Gasteiger charge is 2.33. The van der Waals surface area contributed by atoms with Crippen molar-refractivity contribution in [2.75, 3.05) is 6.61 Å². The molecular weight excluding hydrogens is 300 g/mol. The first kappa shape index (κ1) is 17.5. The number of ether oxygens (including phenoxy) is 2. The van der Waals surface area contributed by atoms with Crippen LogP contribution in [-0.4, -0.2) is 18.7 Å². The van der Waals surface area contributed by atoms with E-state index in [2.05, 4.69) is 20.8 Å². The van der Waals surface area contributed by atoms with E-state index >= 15 is 0 Å². The molecule has 132 valence electrons. The molecule has 1 aromatic rings. The van der Waals surface area contributed by atoms with Crippen LogP contribution in [0.2, 0.25) is 0 Å². The first-order valence-electron chi connectivity index (χ1n) is 9.47. The third-order valence-electron chi connectivity index (χ3n) is 5.67. The third kappa shape index (κ3) is 4.00. The Hall–Kier alpha value is -1.35. The van der Waals surface area contributed by atoms with Crippen molar-refractivity contribution < 1.29 is 14.3 Å². The summed E-state index contributed by atoms with van der Waals surface area (Å²) in [5.74, 6) is 1.49. The Morgan fingerprint density at radius 3 is 2.54 bits per heavy atom. The minimum absolute atomic E-state index is 0.0547. The Labute approximate surface area is 145 Å². The van der Waals surface area contributed by atoms with Crippen LogP contribution in [0.15, 0.2) is 24.3 Å². The van der Waals surface area contributed by atoms with Gasteiger partial charge >= 0.3 is 5.97 Å². The lowest BCUT2D eigenvalue weighted by Crippen LogP contribution is -2.35. The van der Waals surface area contributed by atoms with Crippen molar-refractivity contribution in [3.63, 3.8) is 0 Å². The largest absolute Gasteiger partial charge is 0.458 e. The molecule has 0 radical (unpaired) electrons. The zero-order valence-electron chi connectivity index (χ0n) is 15.2. The molecule has 2 aliphatic rings. The van der Waals surface area contributed by atoms with Crippen molar-refractivity contribution in [3.8, 4) is 0 Å². The smallest absolute Gasteiger partial charge is 0.338 e. The summed E-state index contributed by atoms with van der Waals surface area (Å²) in [6.07, 6.45) is 5.83. The monoisotopic (exact) mass is 330 g/mol. The standard InChI is InChI=1S/C21H30O3/c1-14(2)18-11-6-15(3)13-20(18)24-21(22)17-9-7-16(8-10-17)19-5-4-12-23-19/h7-10,14-15,18-20H,4-6,11-13H2,1-3H3/t15-,18+,19+,20-/m0/s1. The van der Waals surface area contributed by atoms with Crippen molar-refractivity contribution in [2.24, 2.45) is 17.8 Å². The van der Waals surface area contributed by atoms with Gasteiger partial charge in [0.2, 0.25) is 0 Å². The minimum atomic E-state index is -0.182. The first-order chi connectivity index (χ1) is 11.5. The van der Waals surface area contributed by atoms with Crippen LogP contribution in [0.3, 0.4) is 0 Å². The van der Waals surface area contributed by atoms with Gasteiger partial charge in [0, 0.05) is 6.61 Å². The molecule has 0 amide bonds. The molecule has 3 rings (SSSR count). The number of carbonyl (C=O) groups excluding carboxylic acids is 1. The van der Waals surface area contributed by atoms with Crippen LogP contribution in [0.1, 0.15) is 74.9 Å². The third-order valence-corrected chi connectivity index (χ3v) is 5.67. The van der Waals surface area contributed by atoms with Gasteiger partial charge in [-0.05, 0) is 61.1 Å². The molecule has 1 saturated heterocycles. The number of carbonyl (C=O) groups is 1. The van der Waals surface area contributed by atoms with E-state index in [1.807, 2.05) is 24.3 Å². The molecule has 24 heavy (non-hydrogen) atoms. The fourth-order valence-corrected chi connectivity index (χ4v) is 4.13. The SMILES string of the molecule is CC(C)[C@H]1CC[C@H](C)C[C@@H]1OC(=O)c1ccc([C@H]2CCCO2)cc1. The van der Waals surface area contributed by atoms with Crippen molar-refractivity contribution in [2.45, 2.75) is 65.1 Å². The molecule has 1 aromatic carbocycles. The summed E-state index contributed by atoms with van der Waals surface area (Å²) >= 11 is 0. The summed E-state index contributed by atoms with van der Waals surface area (Å²) in [4.78, 5) is 12.6. The molecule has 0 aromatic heterocycles. The zero-order chi connectivity index (χ0) is 17.1. The molecule has 0 N–H and O–H groups in total. The predicted octanol–water partition coefficient (Wildman–Crippen LogP) is 5.16. The van der Waals surface area contributed by atoms with Gasteiger partial charge in [0.15, 0.2) is 0 Å². The van der Waals surface area contributed by atoms with E-state index in [4.69, 9.17) is 9.47 Å². The lowest BCUT2D eigenvalue weighted by atomic mass is 9.75. The van der Waals surface area contributed by atoms with Crippen LogP contribution in [0, 0.1) is 17.8 Å². The van der Waals surface area contributed by atoms with Crippen LogP contribution in [0.25, 0.3) is 0 Å². The van der Waals surface area contributed by atoms with Crippen molar-refractivity contribution in [1.82, 2.24) is 0 Å². The first-order valence-corrected chi connectivity index (χ1v) is 9.47. The molecule has 1 aliphatic heterocycles.